The number of fused-ring (bicyclic) bond motifs is 1. The van der Waals surface area contributed by atoms with Gasteiger partial charge in [-0.2, -0.15) is 5.10 Å². The summed E-state index contributed by atoms with van der Waals surface area (Å²) in [5, 5.41) is 12.6. The van der Waals surface area contributed by atoms with E-state index in [1.807, 2.05) is 18.3 Å². The van der Waals surface area contributed by atoms with Gasteiger partial charge in [-0.3, -0.25) is 5.10 Å². The molecule has 0 amide bonds. The van der Waals surface area contributed by atoms with Crippen LogP contribution in [-0.2, 0) is 0 Å². The van der Waals surface area contributed by atoms with Gasteiger partial charge in [0.2, 0.25) is 0 Å². The monoisotopic (exact) mass is 297 g/mol. The van der Waals surface area contributed by atoms with Crippen LogP contribution in [0.3, 0.4) is 0 Å². The van der Waals surface area contributed by atoms with Gasteiger partial charge in [-0.25, -0.2) is 0 Å². The van der Waals surface area contributed by atoms with E-state index in [9.17, 15) is 0 Å². The molecule has 3 aromatic rings. The maximum Gasteiger partial charge on any atom is 0.0651 e. The molecule has 4 rings (SSSR count). The average molecular weight is 298 g/mol. The van der Waals surface area contributed by atoms with Crippen molar-refractivity contribution in [1.29, 1.82) is 0 Å². The van der Waals surface area contributed by atoms with Crippen molar-refractivity contribution in [1.82, 2.24) is 10.2 Å². The Bertz CT molecular complexity index is 759. The van der Waals surface area contributed by atoms with Gasteiger partial charge in [0.15, 0.2) is 0 Å². The number of hydrogen-bond acceptors (Lipinski definition) is 2. The van der Waals surface area contributed by atoms with E-state index in [1.54, 1.807) is 0 Å². The Hall–Kier alpha value is -2.00. The van der Waals surface area contributed by atoms with E-state index in [0.29, 0.717) is 12.0 Å². The second-order valence-corrected chi connectivity index (χ2v) is 6.12. The van der Waals surface area contributed by atoms with Crippen molar-refractivity contribution in [3.05, 3.63) is 59.2 Å². The van der Waals surface area contributed by atoms with Crippen LogP contribution in [0.5, 0.6) is 0 Å². The van der Waals surface area contributed by atoms with E-state index in [4.69, 9.17) is 11.6 Å². The van der Waals surface area contributed by atoms with Crippen LogP contribution in [0, 0.1) is 5.92 Å². The van der Waals surface area contributed by atoms with Crippen LogP contribution in [0.25, 0.3) is 10.9 Å². The molecule has 1 heterocycles. The first-order valence-electron chi connectivity index (χ1n) is 7.25. The lowest BCUT2D eigenvalue weighted by Gasteiger charge is -2.20. The van der Waals surface area contributed by atoms with Crippen molar-refractivity contribution in [2.45, 2.75) is 18.9 Å². The number of nitrogens with one attached hydrogen (secondary N) is 2. The van der Waals surface area contributed by atoms with Crippen molar-refractivity contribution in [2.75, 3.05) is 5.32 Å². The number of H-pyrrole nitrogens is 1. The van der Waals surface area contributed by atoms with Crippen LogP contribution in [-0.4, -0.2) is 10.2 Å². The highest BCUT2D eigenvalue weighted by molar-refractivity contribution is 6.30. The smallest absolute Gasteiger partial charge is 0.0651 e. The number of aromatic nitrogens is 2. The van der Waals surface area contributed by atoms with Crippen LogP contribution in [0.1, 0.15) is 24.4 Å². The summed E-state index contributed by atoms with van der Waals surface area (Å²) in [4.78, 5) is 0. The summed E-state index contributed by atoms with van der Waals surface area (Å²) in [7, 11) is 0. The van der Waals surface area contributed by atoms with Crippen molar-refractivity contribution in [2.24, 2.45) is 5.92 Å². The Labute approximate surface area is 128 Å². The third kappa shape index (κ3) is 2.61. The van der Waals surface area contributed by atoms with E-state index in [1.165, 1.54) is 18.4 Å². The van der Waals surface area contributed by atoms with Gasteiger partial charge >= 0.3 is 0 Å². The zero-order valence-electron chi connectivity index (χ0n) is 11.5. The lowest BCUT2D eigenvalue weighted by Crippen LogP contribution is -2.12. The molecule has 2 aromatic carbocycles. The maximum atomic E-state index is 5.99. The van der Waals surface area contributed by atoms with Gasteiger partial charge < -0.3 is 5.32 Å². The predicted octanol–water partition coefficient (Wildman–Crippen LogP) is 4.78. The molecule has 0 bridgehead atoms. The third-order valence-corrected chi connectivity index (χ3v) is 4.34. The fourth-order valence-electron chi connectivity index (χ4n) is 2.79. The maximum absolute atomic E-state index is 5.99. The molecule has 0 radical (unpaired) electrons. The Morgan fingerprint density at radius 3 is 2.71 bits per heavy atom. The fourth-order valence-corrected chi connectivity index (χ4v) is 2.91. The van der Waals surface area contributed by atoms with Crippen molar-refractivity contribution >= 4 is 28.2 Å². The second-order valence-electron chi connectivity index (χ2n) is 5.68. The fraction of sp³-hybridized carbons (Fsp3) is 0.235. The minimum atomic E-state index is 0.353. The lowest BCUT2D eigenvalue weighted by atomic mass is 10.0. The van der Waals surface area contributed by atoms with Gasteiger partial charge in [0, 0.05) is 16.1 Å². The molecule has 21 heavy (non-hydrogen) atoms. The van der Waals surface area contributed by atoms with Crippen LogP contribution < -0.4 is 5.32 Å². The molecule has 1 unspecified atom stereocenters. The van der Waals surface area contributed by atoms with E-state index in [-0.39, 0.29) is 0 Å². The molecule has 0 spiro atoms. The SMILES string of the molecule is Clc1ccc(C(Nc2ccc3[nH]ncc3c2)C2CC2)cc1. The van der Waals surface area contributed by atoms with Gasteiger partial charge in [0.1, 0.15) is 0 Å². The summed E-state index contributed by atoms with van der Waals surface area (Å²) >= 11 is 5.99. The molecular formula is C17H16ClN3. The van der Waals surface area contributed by atoms with Crippen LogP contribution in [0.4, 0.5) is 5.69 Å². The largest absolute Gasteiger partial charge is 0.378 e. The summed E-state index contributed by atoms with van der Waals surface area (Å²) in [6, 6.07) is 14.8. The first-order valence-corrected chi connectivity index (χ1v) is 7.62. The van der Waals surface area contributed by atoms with Gasteiger partial charge in [-0.15, -0.1) is 0 Å². The molecule has 106 valence electrons. The second kappa shape index (κ2) is 5.08. The summed E-state index contributed by atoms with van der Waals surface area (Å²) in [5.41, 5.74) is 3.50. The zero-order chi connectivity index (χ0) is 14.2. The number of rotatable bonds is 4. The van der Waals surface area contributed by atoms with E-state index >= 15 is 0 Å². The first kappa shape index (κ1) is 12.7. The van der Waals surface area contributed by atoms with E-state index in [0.717, 1.165) is 21.6 Å². The van der Waals surface area contributed by atoms with Crippen LogP contribution in [0.2, 0.25) is 5.02 Å². The number of benzene rings is 2. The number of anilines is 1. The molecular weight excluding hydrogens is 282 g/mol. The van der Waals surface area contributed by atoms with Crippen LogP contribution >= 0.6 is 11.6 Å². The molecule has 2 N–H and O–H groups in total. The zero-order valence-corrected chi connectivity index (χ0v) is 12.3. The van der Waals surface area contributed by atoms with Crippen molar-refractivity contribution < 1.29 is 0 Å². The van der Waals surface area contributed by atoms with E-state index in [2.05, 4.69) is 45.8 Å². The summed E-state index contributed by atoms with van der Waals surface area (Å²) in [5.74, 6) is 0.714. The third-order valence-electron chi connectivity index (χ3n) is 4.08. The van der Waals surface area contributed by atoms with Crippen molar-refractivity contribution in [3.63, 3.8) is 0 Å². The number of aromatic amines is 1. The Kier molecular flexibility index (Phi) is 3.08. The molecule has 0 saturated heterocycles. The highest BCUT2D eigenvalue weighted by Gasteiger charge is 2.32. The minimum absolute atomic E-state index is 0.353. The van der Waals surface area contributed by atoms with Gasteiger partial charge in [-0.05, 0) is 54.7 Å². The number of hydrogen-bond donors (Lipinski definition) is 2. The van der Waals surface area contributed by atoms with Crippen molar-refractivity contribution in [3.8, 4) is 0 Å². The lowest BCUT2D eigenvalue weighted by molar-refractivity contribution is 0.679. The molecule has 1 aliphatic carbocycles. The van der Waals surface area contributed by atoms with E-state index < -0.39 is 0 Å². The first-order chi connectivity index (χ1) is 10.3. The molecule has 1 aliphatic rings. The quantitative estimate of drug-likeness (QED) is 0.727. The van der Waals surface area contributed by atoms with Crippen LogP contribution in [0.15, 0.2) is 48.7 Å². The molecule has 1 aromatic heterocycles. The summed E-state index contributed by atoms with van der Waals surface area (Å²) in [6.45, 7) is 0. The molecule has 1 fully saturated rings. The Balaban J connectivity index is 1.63. The average Bonchev–Trinajstić information content (AvgIpc) is 3.23. The highest BCUT2D eigenvalue weighted by atomic mass is 35.5. The molecule has 1 saturated carbocycles. The Morgan fingerprint density at radius 1 is 1.14 bits per heavy atom. The van der Waals surface area contributed by atoms with Gasteiger partial charge in [-0.1, -0.05) is 23.7 Å². The molecule has 1 atom stereocenters. The van der Waals surface area contributed by atoms with Gasteiger partial charge in [0.25, 0.3) is 0 Å². The number of nitrogens with zero attached hydrogens (tertiary/aromatic N) is 1. The topological polar surface area (TPSA) is 40.7 Å². The normalized spacial score (nSPS) is 16.0. The molecule has 3 nitrogen and oxygen atoms in total. The molecule has 0 aliphatic heterocycles. The highest BCUT2D eigenvalue weighted by Crippen LogP contribution is 2.43. The summed E-state index contributed by atoms with van der Waals surface area (Å²) < 4.78 is 0. The predicted molar refractivity (Wildman–Crippen MR) is 86.6 cm³/mol. The molecule has 4 heteroatoms. The Morgan fingerprint density at radius 2 is 1.95 bits per heavy atom. The standard InChI is InChI=1S/C17H16ClN3/c18-14-5-3-12(4-6-14)17(11-1-2-11)20-15-7-8-16-13(9-15)10-19-21-16/h3-11,17,20H,1-2H2,(H,19,21). The van der Waals surface area contributed by atoms with Gasteiger partial charge in [0.05, 0.1) is 17.8 Å². The minimum Gasteiger partial charge on any atom is -0.378 e. The number of halogens is 1. The summed E-state index contributed by atoms with van der Waals surface area (Å²) in [6.07, 6.45) is 4.43.